The molecule has 0 fully saturated rings. The third-order valence-corrected chi connectivity index (χ3v) is 2.89. The number of benzene rings is 1. The van der Waals surface area contributed by atoms with Gasteiger partial charge in [0.2, 0.25) is 5.95 Å². The molecule has 3 rings (SSSR count). The average molecular weight is 257 g/mol. The van der Waals surface area contributed by atoms with Crippen LogP contribution in [0.1, 0.15) is 0 Å². The van der Waals surface area contributed by atoms with Crippen molar-refractivity contribution in [3.05, 3.63) is 58.7 Å². The fourth-order valence-electron chi connectivity index (χ4n) is 2.03. The Labute approximate surface area is 106 Å². The predicted octanol–water partition coefficient (Wildman–Crippen LogP) is 3.28. The van der Waals surface area contributed by atoms with E-state index in [-0.39, 0.29) is 11.3 Å². The smallest absolute Gasteiger partial charge is 0.278 e. The quantitative estimate of drug-likeness (QED) is 0.435. The van der Waals surface area contributed by atoms with Crippen molar-refractivity contribution in [1.29, 1.82) is 0 Å². The van der Waals surface area contributed by atoms with E-state index < -0.39 is 10.9 Å². The number of halogens is 1. The van der Waals surface area contributed by atoms with Gasteiger partial charge >= 0.3 is 0 Å². The van der Waals surface area contributed by atoms with Crippen molar-refractivity contribution in [2.75, 3.05) is 0 Å². The Hall–Kier alpha value is -2.76. The molecule has 1 N–H and O–H groups in total. The molecule has 0 unspecified atom stereocenters. The summed E-state index contributed by atoms with van der Waals surface area (Å²) in [4.78, 5) is 17.0. The molecule has 0 aliphatic carbocycles. The molecule has 3 aromatic rings. The maximum absolute atomic E-state index is 13.6. The highest BCUT2D eigenvalue weighted by atomic mass is 19.1. The third kappa shape index (κ3) is 1.83. The van der Waals surface area contributed by atoms with Crippen molar-refractivity contribution in [2.24, 2.45) is 0 Å². The molecule has 2 heterocycles. The maximum Gasteiger partial charge on any atom is 0.278 e. The summed E-state index contributed by atoms with van der Waals surface area (Å²) in [7, 11) is 0. The van der Waals surface area contributed by atoms with Gasteiger partial charge in [-0.05, 0) is 24.3 Å². The number of pyridine rings is 1. The summed E-state index contributed by atoms with van der Waals surface area (Å²) in [6, 6.07) is 9.45. The maximum atomic E-state index is 13.6. The van der Waals surface area contributed by atoms with E-state index in [0.29, 0.717) is 16.6 Å². The third-order valence-electron chi connectivity index (χ3n) is 2.89. The second-order valence-corrected chi connectivity index (χ2v) is 4.02. The number of hydrogen-bond donors (Lipinski definition) is 1. The lowest BCUT2D eigenvalue weighted by Gasteiger charge is -1.97. The van der Waals surface area contributed by atoms with Crippen LogP contribution in [0.4, 0.5) is 10.1 Å². The molecule has 0 aliphatic rings. The molecular formula is C13H8FN3O2. The van der Waals surface area contributed by atoms with Crippen LogP contribution in [0.5, 0.6) is 0 Å². The first-order valence-corrected chi connectivity index (χ1v) is 5.54. The number of rotatable bonds is 2. The summed E-state index contributed by atoms with van der Waals surface area (Å²) in [5.41, 5.74) is 1.33. The topological polar surface area (TPSA) is 71.8 Å². The van der Waals surface area contributed by atoms with Crippen LogP contribution in [-0.2, 0) is 0 Å². The van der Waals surface area contributed by atoms with Gasteiger partial charge in [0.05, 0.1) is 27.1 Å². The molecule has 0 bridgehead atoms. The second kappa shape index (κ2) is 4.16. The fourth-order valence-corrected chi connectivity index (χ4v) is 2.03. The number of nitro groups is 1. The number of aromatic nitrogens is 2. The fraction of sp³-hybridized carbons (Fsp3) is 0. The molecule has 1 aromatic carbocycles. The lowest BCUT2D eigenvalue weighted by molar-refractivity contribution is -0.383. The van der Waals surface area contributed by atoms with Gasteiger partial charge in [0.25, 0.3) is 5.69 Å². The zero-order valence-electron chi connectivity index (χ0n) is 9.63. The molecule has 5 nitrogen and oxygen atoms in total. The zero-order valence-corrected chi connectivity index (χ0v) is 9.63. The first-order valence-electron chi connectivity index (χ1n) is 5.54. The Balaban J connectivity index is 2.26. The van der Waals surface area contributed by atoms with Gasteiger partial charge in [0.15, 0.2) is 0 Å². The first kappa shape index (κ1) is 11.3. The largest absolute Gasteiger partial charge is 0.354 e. The van der Waals surface area contributed by atoms with Crippen LogP contribution in [-0.4, -0.2) is 14.9 Å². The second-order valence-electron chi connectivity index (χ2n) is 4.02. The Morgan fingerprint density at radius 3 is 2.84 bits per heavy atom. The SMILES string of the molecule is O=[N+]([O-])c1cccc2[nH]c(-c3cccnc3F)cc12. The van der Waals surface area contributed by atoms with Crippen molar-refractivity contribution < 1.29 is 9.31 Å². The summed E-state index contributed by atoms with van der Waals surface area (Å²) >= 11 is 0. The Morgan fingerprint density at radius 1 is 1.26 bits per heavy atom. The molecule has 0 saturated heterocycles. The van der Waals surface area contributed by atoms with Gasteiger partial charge < -0.3 is 4.98 Å². The van der Waals surface area contributed by atoms with E-state index in [1.165, 1.54) is 12.3 Å². The summed E-state index contributed by atoms with van der Waals surface area (Å²) in [5.74, 6) is -0.614. The van der Waals surface area contributed by atoms with E-state index in [1.54, 1.807) is 30.3 Å². The van der Waals surface area contributed by atoms with Crippen molar-refractivity contribution in [1.82, 2.24) is 9.97 Å². The van der Waals surface area contributed by atoms with Gasteiger partial charge in [0.1, 0.15) is 0 Å². The number of H-pyrrole nitrogens is 1. The van der Waals surface area contributed by atoms with Gasteiger partial charge in [-0.15, -0.1) is 0 Å². The molecule has 0 amide bonds. The van der Waals surface area contributed by atoms with E-state index in [1.807, 2.05) is 0 Å². The van der Waals surface area contributed by atoms with Crippen molar-refractivity contribution in [3.63, 3.8) is 0 Å². The average Bonchev–Trinajstić information content (AvgIpc) is 2.82. The highest BCUT2D eigenvalue weighted by Gasteiger charge is 2.15. The molecule has 6 heteroatoms. The van der Waals surface area contributed by atoms with Crippen LogP contribution in [0.3, 0.4) is 0 Å². The molecule has 0 saturated carbocycles. The molecular weight excluding hydrogens is 249 g/mol. The van der Waals surface area contributed by atoms with Gasteiger partial charge in [-0.1, -0.05) is 6.07 Å². The minimum atomic E-state index is -0.614. The predicted molar refractivity (Wildman–Crippen MR) is 68.1 cm³/mol. The summed E-state index contributed by atoms with van der Waals surface area (Å²) in [5, 5.41) is 11.4. The van der Waals surface area contributed by atoms with Crippen LogP contribution in [0.25, 0.3) is 22.2 Å². The molecule has 0 aliphatic heterocycles. The number of aromatic amines is 1. The Kier molecular flexibility index (Phi) is 2.49. The van der Waals surface area contributed by atoms with Crippen LogP contribution < -0.4 is 0 Å². The zero-order chi connectivity index (χ0) is 13.4. The molecule has 0 atom stereocenters. The highest BCUT2D eigenvalue weighted by Crippen LogP contribution is 2.30. The lowest BCUT2D eigenvalue weighted by Crippen LogP contribution is -1.87. The van der Waals surface area contributed by atoms with Gasteiger partial charge in [-0.3, -0.25) is 10.1 Å². The summed E-state index contributed by atoms with van der Waals surface area (Å²) in [6.07, 6.45) is 1.35. The molecule has 0 radical (unpaired) electrons. The number of nitrogens with zero attached hydrogens (tertiary/aromatic N) is 2. The number of nitrogens with one attached hydrogen (secondary N) is 1. The van der Waals surface area contributed by atoms with E-state index in [9.17, 15) is 14.5 Å². The van der Waals surface area contributed by atoms with E-state index >= 15 is 0 Å². The number of fused-ring (bicyclic) bond motifs is 1. The van der Waals surface area contributed by atoms with E-state index in [4.69, 9.17) is 0 Å². The van der Waals surface area contributed by atoms with Gasteiger partial charge in [-0.2, -0.15) is 4.39 Å². The lowest BCUT2D eigenvalue weighted by atomic mass is 10.2. The number of non-ortho nitro benzene ring substituents is 1. The van der Waals surface area contributed by atoms with Crippen LogP contribution in [0.2, 0.25) is 0 Å². The van der Waals surface area contributed by atoms with Gasteiger partial charge in [0, 0.05) is 12.3 Å². The van der Waals surface area contributed by atoms with Crippen LogP contribution >= 0.6 is 0 Å². The minimum Gasteiger partial charge on any atom is -0.354 e. The Morgan fingerprint density at radius 2 is 2.11 bits per heavy atom. The van der Waals surface area contributed by atoms with E-state index in [2.05, 4.69) is 9.97 Å². The standard InChI is InChI=1S/C13H8FN3O2/c14-13-8(3-2-6-15-13)11-7-9-10(16-11)4-1-5-12(9)17(18)19/h1-7,16H. The van der Waals surface area contributed by atoms with Crippen molar-refractivity contribution in [2.45, 2.75) is 0 Å². The molecule has 19 heavy (non-hydrogen) atoms. The van der Waals surface area contributed by atoms with Crippen molar-refractivity contribution in [3.8, 4) is 11.3 Å². The van der Waals surface area contributed by atoms with E-state index in [0.717, 1.165) is 0 Å². The Bertz CT molecular complexity index is 782. The first-order chi connectivity index (χ1) is 9.16. The minimum absolute atomic E-state index is 0.00991. The monoisotopic (exact) mass is 257 g/mol. The molecule has 94 valence electrons. The van der Waals surface area contributed by atoms with Gasteiger partial charge in [-0.25, -0.2) is 4.98 Å². The highest BCUT2D eigenvalue weighted by molar-refractivity contribution is 5.92. The number of nitro benzene ring substituents is 1. The summed E-state index contributed by atoms with van der Waals surface area (Å²) < 4.78 is 13.6. The van der Waals surface area contributed by atoms with Crippen LogP contribution in [0.15, 0.2) is 42.6 Å². The molecule has 2 aromatic heterocycles. The normalized spacial score (nSPS) is 10.8. The van der Waals surface area contributed by atoms with Crippen molar-refractivity contribution >= 4 is 16.6 Å². The summed E-state index contributed by atoms with van der Waals surface area (Å²) in [6.45, 7) is 0. The molecule has 0 spiro atoms. The number of hydrogen-bond acceptors (Lipinski definition) is 3. The van der Waals surface area contributed by atoms with Crippen LogP contribution in [0, 0.1) is 16.1 Å².